The number of aliphatic carboxylic acids is 1. The third-order valence-corrected chi connectivity index (χ3v) is 1.59. The summed E-state index contributed by atoms with van der Waals surface area (Å²) >= 11 is 0. The van der Waals surface area contributed by atoms with Gasteiger partial charge in [-0.3, -0.25) is 0 Å². The second-order valence-electron chi connectivity index (χ2n) is 2.76. The zero-order valence-electron chi connectivity index (χ0n) is 9.92. The number of ether oxygens (including phenoxy) is 1. The molecule has 0 bridgehead atoms. The maximum Gasteiger partial charge on any atom is 1.00 e. The monoisotopic (exact) mass is 230 g/mol. The summed E-state index contributed by atoms with van der Waals surface area (Å²) in [7, 11) is 0. The zero-order valence-corrected chi connectivity index (χ0v) is 10.9. The van der Waals surface area contributed by atoms with Crippen LogP contribution in [0.5, 0.6) is 0 Å². The van der Waals surface area contributed by atoms with E-state index in [0.717, 1.165) is 17.7 Å². The number of hydrogen-bond donors (Lipinski definition) is 1. The molecule has 0 aromatic heterocycles. The molecule has 0 amide bonds. The topological polar surface area (TPSA) is 63.6 Å². The van der Waals surface area contributed by atoms with Crippen LogP contribution in [0.4, 0.5) is 0 Å². The van der Waals surface area contributed by atoms with Gasteiger partial charge in [0.15, 0.2) is 0 Å². The summed E-state index contributed by atoms with van der Waals surface area (Å²) in [5, 5.41) is 8.25. The summed E-state index contributed by atoms with van der Waals surface area (Å²) in [5.74, 6) is -1.84. The van der Waals surface area contributed by atoms with E-state index < -0.39 is 11.9 Å². The van der Waals surface area contributed by atoms with Crippen molar-refractivity contribution < 1.29 is 50.4 Å². The molecule has 4 nitrogen and oxygen atoms in total. The fourth-order valence-electron chi connectivity index (χ4n) is 0.916. The van der Waals surface area contributed by atoms with Crippen molar-refractivity contribution >= 4 is 11.9 Å². The maximum atomic E-state index is 10.9. The molecule has 5 heteroatoms. The van der Waals surface area contributed by atoms with E-state index in [9.17, 15) is 9.59 Å². The van der Waals surface area contributed by atoms with Gasteiger partial charge in [0.1, 0.15) is 6.61 Å². The molecule has 1 aromatic carbocycles. The predicted octanol–water partition coefficient (Wildman–Crippen LogP) is -1.51. The number of hydrogen-bond acceptors (Lipinski definition) is 3. The molecule has 1 rings (SSSR count). The van der Waals surface area contributed by atoms with Crippen LogP contribution in [-0.2, 0) is 20.9 Å². The van der Waals surface area contributed by atoms with Gasteiger partial charge < -0.3 is 11.3 Å². The molecule has 16 heavy (non-hydrogen) atoms. The van der Waals surface area contributed by atoms with Crippen LogP contribution in [-0.4, -0.2) is 17.0 Å². The van der Waals surface area contributed by atoms with E-state index in [1.165, 1.54) is 0 Å². The number of carbonyl (C=O) groups is 2. The van der Waals surface area contributed by atoms with Crippen LogP contribution in [0.15, 0.2) is 42.5 Å². The summed E-state index contributed by atoms with van der Waals surface area (Å²) in [6.07, 6.45) is 1.62. The zero-order chi connectivity index (χ0) is 11.1. The van der Waals surface area contributed by atoms with Gasteiger partial charge in [-0.15, -0.1) is 0 Å². The number of rotatable bonds is 4. The molecule has 0 radical (unpaired) electrons. The Balaban J connectivity index is 0. The minimum Gasteiger partial charge on any atom is -1.00 e. The average Bonchev–Trinajstić information content (AvgIpc) is 2.25. The van der Waals surface area contributed by atoms with Crippen molar-refractivity contribution in [3.63, 3.8) is 0 Å². The third-order valence-electron chi connectivity index (χ3n) is 1.59. The smallest absolute Gasteiger partial charge is 1.00 e. The van der Waals surface area contributed by atoms with Crippen molar-refractivity contribution in [2.24, 2.45) is 0 Å². The second-order valence-corrected chi connectivity index (χ2v) is 2.76. The van der Waals surface area contributed by atoms with E-state index in [1.807, 2.05) is 30.3 Å². The minimum atomic E-state index is -1.17. The Labute approximate surface area is 117 Å². The maximum absolute atomic E-state index is 10.9. The standard InChI is InChI=1S/C11H10O4.Na.H/c12-10(13)6-7-11(14)15-8-9-4-2-1-3-5-9;;/h1-7H,8H2,(H,12,13);;/q;+1;-1/b7-6-;;. The number of carbonyl (C=O) groups excluding carboxylic acids is 1. The molecule has 0 aliphatic carbocycles. The van der Waals surface area contributed by atoms with E-state index in [0.29, 0.717) is 0 Å². The van der Waals surface area contributed by atoms with Crippen LogP contribution in [0.3, 0.4) is 0 Å². The van der Waals surface area contributed by atoms with Gasteiger partial charge in [0, 0.05) is 12.2 Å². The first-order valence-corrected chi connectivity index (χ1v) is 4.30. The molecule has 80 valence electrons. The average molecular weight is 230 g/mol. The van der Waals surface area contributed by atoms with Gasteiger partial charge >= 0.3 is 41.5 Å². The SMILES string of the molecule is O=C(O)/C=C\C(=O)OCc1ccccc1.[H-].[Na+]. The van der Waals surface area contributed by atoms with Crippen molar-refractivity contribution in [3.8, 4) is 0 Å². The van der Waals surface area contributed by atoms with Crippen LogP contribution in [0.1, 0.15) is 6.99 Å². The van der Waals surface area contributed by atoms with Gasteiger partial charge in [0.2, 0.25) is 0 Å². The summed E-state index contributed by atoms with van der Waals surface area (Å²) in [6, 6.07) is 9.14. The minimum absolute atomic E-state index is 0. The van der Waals surface area contributed by atoms with E-state index in [4.69, 9.17) is 9.84 Å². The summed E-state index contributed by atoms with van der Waals surface area (Å²) in [6.45, 7) is 0.142. The Hall–Kier alpha value is -1.10. The second kappa shape index (κ2) is 8.10. The largest absolute Gasteiger partial charge is 1.00 e. The van der Waals surface area contributed by atoms with Gasteiger partial charge in [-0.05, 0) is 5.56 Å². The molecule has 0 heterocycles. The van der Waals surface area contributed by atoms with Crippen molar-refractivity contribution in [2.75, 3.05) is 0 Å². The first kappa shape index (κ1) is 14.9. The molecule has 1 N–H and O–H groups in total. The van der Waals surface area contributed by atoms with E-state index >= 15 is 0 Å². The van der Waals surface area contributed by atoms with Crippen LogP contribution >= 0.6 is 0 Å². The van der Waals surface area contributed by atoms with Crippen LogP contribution in [0, 0.1) is 0 Å². The van der Waals surface area contributed by atoms with E-state index in [-0.39, 0.29) is 37.6 Å². The van der Waals surface area contributed by atoms with Gasteiger partial charge in [0.25, 0.3) is 0 Å². The Morgan fingerprint density at radius 3 is 2.44 bits per heavy atom. The molecule has 0 saturated heterocycles. The van der Waals surface area contributed by atoms with Gasteiger partial charge in [0.05, 0.1) is 0 Å². The van der Waals surface area contributed by atoms with Gasteiger partial charge in [-0.1, -0.05) is 30.3 Å². The first-order chi connectivity index (χ1) is 7.18. The van der Waals surface area contributed by atoms with Crippen LogP contribution < -0.4 is 29.6 Å². The number of esters is 1. The number of carboxylic acid groups (broad SMARTS) is 1. The molecule has 0 atom stereocenters. The Morgan fingerprint density at radius 1 is 1.25 bits per heavy atom. The van der Waals surface area contributed by atoms with Gasteiger partial charge in [-0.25, -0.2) is 9.59 Å². The van der Waals surface area contributed by atoms with E-state index in [2.05, 4.69) is 0 Å². The Kier molecular flexibility index (Phi) is 7.54. The summed E-state index contributed by atoms with van der Waals surface area (Å²) in [4.78, 5) is 21.0. The first-order valence-electron chi connectivity index (χ1n) is 4.30. The predicted molar refractivity (Wildman–Crippen MR) is 54.1 cm³/mol. The molecule has 0 aliphatic rings. The molecule has 0 aliphatic heterocycles. The van der Waals surface area contributed by atoms with Crippen molar-refractivity contribution in [3.05, 3.63) is 48.0 Å². The molecular formula is C11H11NaO4. The molecular weight excluding hydrogens is 219 g/mol. The molecule has 0 fully saturated rings. The fraction of sp³-hybridized carbons (Fsp3) is 0.0909. The number of carboxylic acids is 1. The quantitative estimate of drug-likeness (QED) is 0.388. The van der Waals surface area contributed by atoms with Crippen molar-refractivity contribution in [1.29, 1.82) is 0 Å². The molecule has 0 spiro atoms. The molecule has 1 aromatic rings. The molecule has 0 saturated carbocycles. The fourth-order valence-corrected chi connectivity index (χ4v) is 0.916. The molecule has 0 unspecified atom stereocenters. The van der Waals surface area contributed by atoms with Gasteiger partial charge in [-0.2, -0.15) is 0 Å². The van der Waals surface area contributed by atoms with Crippen molar-refractivity contribution in [1.82, 2.24) is 0 Å². The normalized spacial score (nSPS) is 9.50. The summed E-state index contributed by atoms with van der Waals surface area (Å²) in [5.41, 5.74) is 0.856. The summed E-state index contributed by atoms with van der Waals surface area (Å²) < 4.78 is 4.79. The number of benzene rings is 1. The van der Waals surface area contributed by atoms with E-state index in [1.54, 1.807) is 0 Å². The van der Waals surface area contributed by atoms with Crippen LogP contribution in [0.25, 0.3) is 0 Å². The Morgan fingerprint density at radius 2 is 1.88 bits per heavy atom. The van der Waals surface area contributed by atoms with Crippen molar-refractivity contribution in [2.45, 2.75) is 6.61 Å². The van der Waals surface area contributed by atoms with Crippen LogP contribution in [0.2, 0.25) is 0 Å². The third kappa shape index (κ3) is 6.40. The Bertz CT molecular complexity index is 378.